The maximum Gasteiger partial charge on any atom is 0.133 e. The molecular weight excluding hydrogens is 1520 g/mol. The second kappa shape index (κ2) is 32.9. The van der Waals surface area contributed by atoms with Crippen molar-refractivity contribution in [1.29, 1.82) is 0 Å². The Morgan fingerprint density at radius 2 is 0.661 bits per heavy atom. The van der Waals surface area contributed by atoms with Gasteiger partial charge >= 0.3 is 0 Å². The van der Waals surface area contributed by atoms with Gasteiger partial charge in [0.05, 0.1) is 46.8 Å². The average Bonchev–Trinajstić information content (AvgIpc) is 1.57. The van der Waals surface area contributed by atoms with E-state index >= 15 is 0 Å². The quantitative estimate of drug-likeness (QED) is 0.203. The maximum atomic E-state index is 12.2. The Labute approximate surface area is 755 Å². The zero-order valence-electron chi connectivity index (χ0n) is 82.3. The van der Waals surface area contributed by atoms with Crippen LogP contribution in [-0.4, -0.2) is 121 Å². The molecule has 692 valence electrons. The van der Waals surface area contributed by atoms with Crippen LogP contribution < -0.4 is 16.0 Å². The first-order valence-electron chi connectivity index (χ1n) is 54.6. The highest BCUT2D eigenvalue weighted by molar-refractivity contribution is 5.80. The standard InChI is InChI=1S/C29H45NO2.C29H47NO.C28H43NO2.C28H45NO/c1-17-12-26-27(30(5)16-17)19(3)29(32-26)11-9-22-23-7-6-20-13-21(31)8-10-28(20,4)25(23)14-24(22)18(2)15-29;1-17-8-10-28(5)21(12-17)6-7-23-22-9-11-29(15-19(3)24(22)14-25(23)28)20(4)27-26(31-29)13-18(2)16-30-27;1-16-11-25-26(29-15-16)18(3)28(31-25)10-8-21-22-6-5-19-12-20(30)7-9-27(19,4)24(22)13-23(21)17(2)14-28;1-17-13-25-26(29-16-17)19(3)28(30-25)12-10-21-22-9-8-20-7-5-6-11-27(20,4)24(22)14-23(21)18(2)15-28/h17,19-20,22-23,25-27H,6-16H2,1-5H3;17-18,20-23,25-27,30H,6-16H2,1-5H3;16,18-19,21-22,24-26,29H,5-15H2,1-4H3;17,19-22,24-26,29H,5-16H2,1-4H3/t17-,19+,20+,22-,23-,25-,26+,27-,28-,29-;17-,18+,20-,21-,22+,23+,25+,26-,27+,28+,29+;16-,18+,19+,21-,22-,24-,25+,26-,27-,28-;17-,19+,20-,21-,22-,24-,25+,26-,27-,28-/m0100/s1. The molecule has 20 fully saturated rings. The molecule has 0 aromatic carbocycles. The van der Waals surface area contributed by atoms with Gasteiger partial charge in [-0.2, -0.15) is 0 Å². The summed E-state index contributed by atoms with van der Waals surface area (Å²) in [4.78, 5) is 27.0. The van der Waals surface area contributed by atoms with E-state index in [1.165, 1.54) is 232 Å². The van der Waals surface area contributed by atoms with Gasteiger partial charge in [0.15, 0.2) is 0 Å². The number of hydrogen-bond donors (Lipinski definition) is 3. The minimum Gasteiger partial charge on any atom is -0.369 e. The van der Waals surface area contributed by atoms with Crippen LogP contribution in [0, 0.1) is 170 Å². The van der Waals surface area contributed by atoms with Crippen LogP contribution in [0.2, 0.25) is 0 Å². The topological polar surface area (TPSA) is 110 Å². The van der Waals surface area contributed by atoms with Crippen LogP contribution in [0.4, 0.5) is 0 Å². The van der Waals surface area contributed by atoms with Crippen LogP contribution in [0.1, 0.15) is 381 Å². The van der Waals surface area contributed by atoms with E-state index in [1.54, 1.807) is 22.3 Å². The van der Waals surface area contributed by atoms with Crippen molar-refractivity contribution in [3.63, 3.8) is 0 Å². The molecule has 0 amide bonds. The van der Waals surface area contributed by atoms with Crippen molar-refractivity contribution in [3.8, 4) is 0 Å². The summed E-state index contributed by atoms with van der Waals surface area (Å²) in [5.74, 6) is 21.4. The number of allylic oxidation sites excluding steroid dienone is 4. The number of carbonyl (C=O) groups is 2. The Hall–Kier alpha value is -2.02. The first-order chi connectivity index (χ1) is 59.2. The lowest BCUT2D eigenvalue weighted by Gasteiger charge is -2.54. The first-order valence-corrected chi connectivity index (χ1v) is 54.6. The van der Waals surface area contributed by atoms with Gasteiger partial charge in [-0.25, -0.2) is 0 Å². The van der Waals surface area contributed by atoms with E-state index in [4.69, 9.17) is 18.9 Å². The van der Waals surface area contributed by atoms with E-state index in [0.717, 1.165) is 170 Å². The van der Waals surface area contributed by atoms with Crippen LogP contribution in [0.5, 0.6) is 0 Å². The van der Waals surface area contributed by atoms with E-state index in [9.17, 15) is 9.59 Å². The SMILES string of the molecule is CC1=C2C[C@H]3[C@@H](CC[C@@H]4CC(=O)CC[C@@]43C)[C@@H]2CC[C@@]2(C1)O[C@@H]1C[C@H](C)CN(C)[C@H]1[C@H]2C.CC1=C2C[C@H]3[C@@H](CC[C@@H]4CC(=O)CC[C@@]43C)[C@@H]2CC[C@@]2(C1)O[C@@H]1C[C@H](C)CN[C@H]1[C@H]2C.CC1=C2C[C@H]3[C@@H](CC[C@@H]4CCCC[C@@]43C)[C@@H]2CC[C@@]2(C1)O[C@@H]1C[C@H](C)CN[C@H]1[C@H]2C.CC1=C2C[C@H]3[C@@H](CC[C@@H]4C[C@H](C)CC[C@@]43C)[C@@H]2CC[C@@]2(C1)O[C@@H]1C[C@H](C)CN[C@H]1[C@H]2C. The average molecular weight is 1700 g/mol. The van der Waals surface area contributed by atoms with Crippen LogP contribution in [0.3, 0.4) is 0 Å². The summed E-state index contributed by atoms with van der Waals surface area (Å²) >= 11 is 0. The fourth-order valence-corrected chi connectivity index (χ4v) is 39.7. The molecule has 0 radical (unpaired) electrons. The second-order valence-corrected chi connectivity index (χ2v) is 52.8. The Morgan fingerprint density at radius 1 is 0.323 bits per heavy atom. The number of nitrogens with zero attached hydrogens (tertiary/aromatic N) is 1. The zero-order valence-corrected chi connectivity index (χ0v) is 82.3. The maximum absolute atomic E-state index is 12.2. The molecule has 3 N–H and O–H groups in total. The fourth-order valence-electron chi connectivity index (χ4n) is 39.7. The highest BCUT2D eigenvalue weighted by atomic mass is 16.5. The lowest BCUT2D eigenvalue weighted by molar-refractivity contribution is -0.130. The van der Waals surface area contributed by atoms with E-state index in [2.05, 4.69) is 146 Å². The van der Waals surface area contributed by atoms with Gasteiger partial charge in [0, 0.05) is 80.1 Å². The van der Waals surface area contributed by atoms with Crippen molar-refractivity contribution < 1.29 is 28.5 Å². The third kappa shape index (κ3) is 14.4. The molecule has 124 heavy (non-hydrogen) atoms. The number of ether oxygens (including phenoxy) is 4. The lowest BCUT2D eigenvalue weighted by atomic mass is 9.51. The molecule has 4 spiro atoms. The van der Waals surface area contributed by atoms with Crippen molar-refractivity contribution in [2.45, 2.75) is 452 Å². The Kier molecular flexibility index (Phi) is 23.5. The number of fused-ring (bicyclic) bond motifs is 24. The predicted octanol–water partition coefficient (Wildman–Crippen LogP) is 25.0. The number of carbonyl (C=O) groups excluding carboxylic acids is 2. The number of hydrogen-bond acceptors (Lipinski definition) is 10. The molecule has 10 heteroatoms. The van der Waals surface area contributed by atoms with Gasteiger partial charge in [0.2, 0.25) is 0 Å². The van der Waals surface area contributed by atoms with Gasteiger partial charge in [-0.1, -0.05) is 154 Å². The third-order valence-corrected chi connectivity index (χ3v) is 46.7. The minimum atomic E-state index is 0.0572. The van der Waals surface area contributed by atoms with Crippen molar-refractivity contribution in [1.82, 2.24) is 20.9 Å². The molecule has 41 atom stereocenters. The summed E-state index contributed by atoms with van der Waals surface area (Å²) in [6, 6.07) is 2.32. The summed E-state index contributed by atoms with van der Waals surface area (Å²) in [6.07, 6.45) is 55.0. The van der Waals surface area contributed by atoms with Crippen LogP contribution in [-0.2, 0) is 28.5 Å². The predicted molar refractivity (Wildman–Crippen MR) is 503 cm³/mol. The number of rotatable bonds is 0. The normalized spacial score (nSPS) is 55.0. The molecule has 10 nitrogen and oxygen atoms in total. The molecule has 0 aromatic heterocycles. The molecule has 24 aliphatic rings. The molecule has 8 aliphatic heterocycles. The molecule has 16 aliphatic carbocycles. The number of nitrogens with one attached hydrogen (secondary N) is 3. The third-order valence-electron chi connectivity index (χ3n) is 46.7. The highest BCUT2D eigenvalue weighted by Gasteiger charge is 2.67. The summed E-state index contributed by atoms with van der Waals surface area (Å²) in [5.41, 5.74) is 16.7. The number of likely N-dealkylation sites (tertiary alicyclic amines) is 1. The molecule has 12 saturated carbocycles. The molecule has 0 aromatic rings. The molecule has 8 saturated heterocycles. The largest absolute Gasteiger partial charge is 0.369 e. The van der Waals surface area contributed by atoms with Crippen molar-refractivity contribution in [2.24, 2.45) is 170 Å². The van der Waals surface area contributed by atoms with Gasteiger partial charge in [-0.15, -0.1) is 0 Å². The fraction of sp³-hybridized carbons (Fsp3) is 0.912. The van der Waals surface area contributed by atoms with Gasteiger partial charge < -0.3 is 39.8 Å². The molecule has 8 heterocycles. The van der Waals surface area contributed by atoms with Crippen molar-refractivity contribution in [3.05, 3.63) is 44.6 Å². The Balaban J connectivity index is 0.000000101. The van der Waals surface area contributed by atoms with Gasteiger partial charge in [-0.05, 0) is 419 Å². The van der Waals surface area contributed by atoms with Crippen molar-refractivity contribution in [2.75, 3.05) is 33.2 Å². The number of ketones is 2. The summed E-state index contributed by atoms with van der Waals surface area (Å²) in [7, 11) is 2.33. The van der Waals surface area contributed by atoms with Gasteiger partial charge in [0.1, 0.15) is 11.6 Å². The smallest absolute Gasteiger partial charge is 0.133 e. The zero-order chi connectivity index (χ0) is 86.2. The van der Waals surface area contributed by atoms with Crippen LogP contribution >= 0.6 is 0 Å². The molecule has 24 rings (SSSR count). The highest BCUT2D eigenvalue weighted by Crippen LogP contribution is 2.72. The van der Waals surface area contributed by atoms with E-state index in [1.807, 2.05) is 22.3 Å². The van der Waals surface area contributed by atoms with Gasteiger partial charge in [-0.3, -0.25) is 9.59 Å². The summed E-state index contributed by atoms with van der Waals surface area (Å²) in [6.45, 7) is 47.2. The van der Waals surface area contributed by atoms with Gasteiger partial charge in [0.25, 0.3) is 0 Å². The molecule has 0 bridgehead atoms. The molecule has 0 unspecified atom stereocenters. The van der Waals surface area contributed by atoms with Crippen LogP contribution in [0.25, 0.3) is 0 Å². The second-order valence-electron chi connectivity index (χ2n) is 52.8. The first kappa shape index (κ1) is 88.6. The number of piperidine rings is 4. The number of Topliss-reactive ketones (excluding diaryl/α,β-unsaturated/α-hetero) is 2. The molecular formula is C114H180N4O6. The van der Waals surface area contributed by atoms with E-state index in [0.29, 0.717) is 117 Å². The van der Waals surface area contributed by atoms with E-state index in [-0.39, 0.29) is 22.4 Å². The minimum absolute atomic E-state index is 0.0572. The number of likely N-dealkylation sites (N-methyl/N-ethyl adjacent to an activating group) is 1. The Morgan fingerprint density at radius 3 is 1.06 bits per heavy atom. The monoisotopic (exact) mass is 1700 g/mol. The summed E-state index contributed by atoms with van der Waals surface area (Å²) in [5, 5.41) is 11.6. The summed E-state index contributed by atoms with van der Waals surface area (Å²) < 4.78 is 28.2. The van der Waals surface area contributed by atoms with E-state index < -0.39 is 0 Å². The van der Waals surface area contributed by atoms with Crippen molar-refractivity contribution >= 4 is 11.6 Å². The lowest BCUT2D eigenvalue weighted by Crippen LogP contribution is -2.49. The Bertz CT molecular complexity index is 4150. The van der Waals surface area contributed by atoms with Crippen LogP contribution in [0.15, 0.2) is 44.6 Å².